The predicted octanol–water partition coefficient (Wildman–Crippen LogP) is 1.35. The zero-order chi connectivity index (χ0) is 17.9. The average Bonchev–Trinajstić information content (AvgIpc) is 2.68. The summed E-state index contributed by atoms with van der Waals surface area (Å²) in [7, 11) is 0. The van der Waals surface area contributed by atoms with Crippen molar-refractivity contribution in [1.82, 2.24) is 10.2 Å². The van der Waals surface area contributed by atoms with Gasteiger partial charge < -0.3 is 15.0 Å². The molecule has 1 fully saturated rings. The number of nitrogens with zero attached hydrogens (tertiary/aromatic N) is 2. The Morgan fingerprint density at radius 2 is 1.92 bits per heavy atom. The van der Waals surface area contributed by atoms with E-state index in [9.17, 15) is 9.59 Å². The van der Waals surface area contributed by atoms with Crippen LogP contribution in [0.1, 0.15) is 6.42 Å². The van der Waals surface area contributed by atoms with Crippen LogP contribution in [0.2, 0.25) is 0 Å². The fourth-order valence-electron chi connectivity index (χ4n) is 3.21. The molecule has 2 aromatic rings. The molecule has 2 N–H and O–H groups in total. The summed E-state index contributed by atoms with van der Waals surface area (Å²) < 4.78 is 5.32. The summed E-state index contributed by atoms with van der Waals surface area (Å²) in [6.45, 7) is 2.47. The van der Waals surface area contributed by atoms with Crippen LogP contribution in [0.3, 0.4) is 0 Å². The zero-order valence-corrected chi connectivity index (χ0v) is 14.3. The summed E-state index contributed by atoms with van der Waals surface area (Å²) in [6.07, 6.45) is 0.0461. The summed E-state index contributed by atoms with van der Waals surface area (Å²) in [5, 5.41) is 7.70. The first-order valence-corrected chi connectivity index (χ1v) is 8.70. The number of carbonyl (C=O) groups is 2. The average molecular weight is 352 g/mol. The van der Waals surface area contributed by atoms with Crippen LogP contribution in [0.15, 0.2) is 47.5 Å². The molecule has 2 aromatic carbocycles. The Balaban J connectivity index is 1.55. The lowest BCUT2D eigenvalue weighted by atomic mass is 10.1. The van der Waals surface area contributed by atoms with E-state index < -0.39 is 6.04 Å². The molecule has 2 aliphatic heterocycles. The SMILES string of the molecule is O=C1C[C@H](C(=O)Nc2cccc3ccccc23)N=C(N2CCOCC2)N1. The highest BCUT2D eigenvalue weighted by atomic mass is 16.5. The Morgan fingerprint density at radius 1 is 1.15 bits per heavy atom. The van der Waals surface area contributed by atoms with Crippen LogP contribution in [0.25, 0.3) is 10.8 Å². The van der Waals surface area contributed by atoms with E-state index in [1.54, 1.807) is 0 Å². The zero-order valence-electron chi connectivity index (χ0n) is 14.3. The molecule has 26 heavy (non-hydrogen) atoms. The number of morpholine rings is 1. The Morgan fingerprint density at radius 3 is 2.77 bits per heavy atom. The van der Waals surface area contributed by atoms with E-state index in [1.807, 2.05) is 47.4 Å². The van der Waals surface area contributed by atoms with Gasteiger partial charge in [0.2, 0.25) is 17.8 Å². The van der Waals surface area contributed by atoms with Crippen molar-refractivity contribution in [2.75, 3.05) is 31.6 Å². The number of amides is 2. The molecule has 1 atom stereocenters. The molecule has 2 aliphatic rings. The second-order valence-electron chi connectivity index (χ2n) is 6.34. The molecule has 0 radical (unpaired) electrons. The Bertz CT molecular complexity index is 869. The highest BCUT2D eigenvalue weighted by molar-refractivity contribution is 6.08. The molecule has 4 rings (SSSR count). The predicted molar refractivity (Wildman–Crippen MR) is 99.0 cm³/mol. The number of aliphatic imine (C=N–C) groups is 1. The number of rotatable bonds is 2. The summed E-state index contributed by atoms with van der Waals surface area (Å²) in [5.41, 5.74) is 0.724. The first-order valence-electron chi connectivity index (χ1n) is 8.70. The van der Waals surface area contributed by atoms with E-state index in [0.29, 0.717) is 32.3 Å². The summed E-state index contributed by atoms with van der Waals surface area (Å²) in [4.78, 5) is 31.2. The standard InChI is InChI=1S/C19H20N4O3/c24-17-12-16(21-19(22-17)23-8-10-26-11-9-23)18(25)20-15-7-3-5-13-4-1-2-6-14(13)15/h1-7,16H,8-12H2,(H,20,25)(H,21,22,24)/t16-/m1/s1. The van der Waals surface area contributed by atoms with Gasteiger partial charge >= 0.3 is 0 Å². The van der Waals surface area contributed by atoms with E-state index in [-0.39, 0.29) is 18.2 Å². The maximum Gasteiger partial charge on any atom is 0.249 e. The number of guanidine groups is 1. The quantitative estimate of drug-likeness (QED) is 0.855. The highest BCUT2D eigenvalue weighted by Gasteiger charge is 2.30. The lowest BCUT2D eigenvalue weighted by Gasteiger charge is -2.32. The minimum atomic E-state index is -0.736. The Hall–Kier alpha value is -2.93. The van der Waals surface area contributed by atoms with E-state index in [0.717, 1.165) is 16.5 Å². The monoisotopic (exact) mass is 352 g/mol. The second-order valence-corrected chi connectivity index (χ2v) is 6.34. The van der Waals surface area contributed by atoms with Crippen LogP contribution in [0.5, 0.6) is 0 Å². The van der Waals surface area contributed by atoms with Crippen LogP contribution in [0, 0.1) is 0 Å². The van der Waals surface area contributed by atoms with E-state index in [2.05, 4.69) is 15.6 Å². The molecule has 7 heteroatoms. The molecule has 0 saturated carbocycles. The third-order valence-electron chi connectivity index (χ3n) is 4.57. The number of carbonyl (C=O) groups excluding carboxylic acids is 2. The number of benzene rings is 2. The Kier molecular flexibility index (Phi) is 4.53. The molecule has 0 bridgehead atoms. The molecule has 0 unspecified atom stereocenters. The fraction of sp³-hybridized carbons (Fsp3) is 0.316. The number of ether oxygens (including phenoxy) is 1. The van der Waals surface area contributed by atoms with Gasteiger partial charge in [0.15, 0.2) is 0 Å². The number of nitrogens with one attached hydrogen (secondary N) is 2. The summed E-state index contributed by atoms with van der Waals surface area (Å²) >= 11 is 0. The van der Waals surface area contributed by atoms with Crippen molar-refractivity contribution in [1.29, 1.82) is 0 Å². The summed E-state index contributed by atoms with van der Waals surface area (Å²) in [6, 6.07) is 12.9. The number of hydrogen-bond acceptors (Lipinski definition) is 5. The van der Waals surface area contributed by atoms with Gasteiger partial charge in [-0.2, -0.15) is 0 Å². The second kappa shape index (κ2) is 7.13. The molecule has 2 heterocycles. The summed E-state index contributed by atoms with van der Waals surface area (Å²) in [5.74, 6) is -0.0101. The maximum atomic E-state index is 12.7. The largest absolute Gasteiger partial charge is 0.378 e. The fourth-order valence-corrected chi connectivity index (χ4v) is 3.21. The maximum absolute atomic E-state index is 12.7. The van der Waals surface area contributed by atoms with Gasteiger partial charge in [-0.25, -0.2) is 4.99 Å². The van der Waals surface area contributed by atoms with Gasteiger partial charge in [0.1, 0.15) is 6.04 Å². The van der Waals surface area contributed by atoms with Gasteiger partial charge in [-0.3, -0.25) is 14.9 Å². The number of fused-ring (bicyclic) bond motifs is 1. The molecule has 0 aliphatic carbocycles. The van der Waals surface area contributed by atoms with Gasteiger partial charge in [0, 0.05) is 24.2 Å². The van der Waals surface area contributed by atoms with Gasteiger partial charge in [-0.05, 0) is 11.5 Å². The first-order chi connectivity index (χ1) is 12.7. The van der Waals surface area contributed by atoms with Gasteiger partial charge in [-0.15, -0.1) is 0 Å². The molecule has 134 valence electrons. The number of hydrogen-bond donors (Lipinski definition) is 2. The van der Waals surface area contributed by atoms with Crippen molar-refractivity contribution in [3.8, 4) is 0 Å². The van der Waals surface area contributed by atoms with Crippen LogP contribution in [-0.2, 0) is 14.3 Å². The van der Waals surface area contributed by atoms with Crippen LogP contribution >= 0.6 is 0 Å². The normalized spacial score (nSPS) is 20.5. The molecule has 1 saturated heterocycles. The minimum Gasteiger partial charge on any atom is -0.378 e. The van der Waals surface area contributed by atoms with Crippen LogP contribution in [-0.4, -0.2) is 55.0 Å². The highest BCUT2D eigenvalue weighted by Crippen LogP contribution is 2.23. The van der Waals surface area contributed by atoms with Crippen molar-refractivity contribution in [2.24, 2.45) is 4.99 Å². The third-order valence-corrected chi connectivity index (χ3v) is 4.57. The third kappa shape index (κ3) is 3.39. The van der Waals surface area contributed by atoms with Gasteiger partial charge in [0.05, 0.1) is 19.6 Å². The van der Waals surface area contributed by atoms with E-state index in [4.69, 9.17) is 4.74 Å². The molecule has 7 nitrogen and oxygen atoms in total. The molecular weight excluding hydrogens is 332 g/mol. The van der Waals surface area contributed by atoms with Crippen molar-refractivity contribution >= 4 is 34.2 Å². The van der Waals surface area contributed by atoms with Gasteiger partial charge in [0.25, 0.3) is 0 Å². The van der Waals surface area contributed by atoms with Crippen LogP contribution in [0.4, 0.5) is 5.69 Å². The van der Waals surface area contributed by atoms with Crippen molar-refractivity contribution < 1.29 is 14.3 Å². The van der Waals surface area contributed by atoms with Crippen molar-refractivity contribution in [2.45, 2.75) is 12.5 Å². The lowest BCUT2D eigenvalue weighted by Crippen LogP contribution is -2.53. The smallest absolute Gasteiger partial charge is 0.249 e. The first kappa shape index (κ1) is 16.5. The van der Waals surface area contributed by atoms with Crippen molar-refractivity contribution in [3.05, 3.63) is 42.5 Å². The van der Waals surface area contributed by atoms with E-state index in [1.165, 1.54) is 0 Å². The molecular formula is C19H20N4O3. The molecule has 0 aromatic heterocycles. The number of anilines is 1. The van der Waals surface area contributed by atoms with Gasteiger partial charge in [-0.1, -0.05) is 36.4 Å². The van der Waals surface area contributed by atoms with Crippen LogP contribution < -0.4 is 10.6 Å². The molecule has 0 spiro atoms. The Labute approximate surface area is 151 Å². The van der Waals surface area contributed by atoms with E-state index >= 15 is 0 Å². The topological polar surface area (TPSA) is 83.0 Å². The minimum absolute atomic E-state index is 0.0461. The lowest BCUT2D eigenvalue weighted by molar-refractivity contribution is -0.125. The molecule has 2 amide bonds. The van der Waals surface area contributed by atoms with Crippen molar-refractivity contribution in [3.63, 3.8) is 0 Å².